The highest BCUT2D eigenvalue weighted by Crippen LogP contribution is 1.97. The normalized spacial score (nSPS) is 8.79. The van der Waals surface area contributed by atoms with Crippen molar-refractivity contribution in [3.63, 3.8) is 0 Å². The van der Waals surface area contributed by atoms with Gasteiger partial charge in [-0.2, -0.15) is 0 Å². The molecular formula is C7H7BF3NO2. The molecule has 0 saturated carbocycles. The van der Waals surface area contributed by atoms with E-state index in [1.165, 1.54) is 19.2 Å². The number of ether oxygens (including phenoxy) is 1. The van der Waals surface area contributed by atoms with Gasteiger partial charge in [0.2, 0.25) is 0 Å². The molecule has 0 unspecified atom stereocenters. The van der Waals surface area contributed by atoms with Gasteiger partial charge in [0.25, 0.3) is 0 Å². The topological polar surface area (TPSA) is 30.2 Å². The summed E-state index contributed by atoms with van der Waals surface area (Å²) in [6, 6.07) is 2.55. The third kappa shape index (κ3) is 2.76. The number of hydrogen-bond donors (Lipinski definition) is 0. The Kier molecular flexibility index (Phi) is 4.68. The van der Waals surface area contributed by atoms with Crippen molar-refractivity contribution in [2.24, 2.45) is 0 Å². The predicted molar refractivity (Wildman–Crippen MR) is 41.3 cm³/mol. The largest absolute Gasteiger partial charge is 1.00 e. The standard InChI is InChI=1S/C7H7BF2NO2.FH/c1-13-7(12)6-2-4-11(5-3-6)8(9)10;/h2-5H,1H3;1H/q+1;/p-1. The lowest BCUT2D eigenvalue weighted by atomic mass is 10.2. The Labute approximate surface area is 78.9 Å². The summed E-state index contributed by atoms with van der Waals surface area (Å²) < 4.78 is 29.1. The van der Waals surface area contributed by atoms with Gasteiger partial charge in [0, 0.05) is 12.1 Å². The number of esters is 1. The number of carbonyl (C=O) groups excluding carboxylic acids is 1. The quantitative estimate of drug-likeness (QED) is 0.395. The van der Waals surface area contributed by atoms with Crippen molar-refractivity contribution in [1.82, 2.24) is 0 Å². The van der Waals surface area contributed by atoms with Crippen molar-refractivity contribution >= 4 is 13.4 Å². The molecule has 0 aliphatic heterocycles. The van der Waals surface area contributed by atoms with Gasteiger partial charge in [-0.05, 0) is 0 Å². The van der Waals surface area contributed by atoms with Crippen LogP contribution in [0.4, 0.5) is 8.63 Å². The second-order valence-corrected chi connectivity index (χ2v) is 2.30. The van der Waals surface area contributed by atoms with Gasteiger partial charge in [-0.15, -0.1) is 0 Å². The molecule has 0 aliphatic carbocycles. The van der Waals surface area contributed by atoms with Crippen LogP contribution >= 0.6 is 0 Å². The molecule has 1 aromatic rings. The lowest BCUT2D eigenvalue weighted by Crippen LogP contribution is -3.00. The molecule has 3 nitrogen and oxygen atoms in total. The Morgan fingerprint density at radius 2 is 1.93 bits per heavy atom. The minimum atomic E-state index is -2.59. The summed E-state index contributed by atoms with van der Waals surface area (Å²) in [5.41, 5.74) is 0.249. The zero-order valence-electron chi connectivity index (χ0n) is 7.28. The van der Waals surface area contributed by atoms with E-state index in [1.807, 2.05) is 0 Å². The number of halogens is 3. The molecule has 0 fully saturated rings. The summed E-state index contributed by atoms with van der Waals surface area (Å²) in [7, 11) is -1.36. The smallest absolute Gasteiger partial charge is 0.934 e. The van der Waals surface area contributed by atoms with E-state index in [2.05, 4.69) is 4.74 Å². The number of aromatic nitrogens is 1. The Morgan fingerprint density at radius 1 is 1.43 bits per heavy atom. The van der Waals surface area contributed by atoms with Gasteiger partial charge < -0.3 is 9.44 Å². The summed E-state index contributed by atoms with van der Waals surface area (Å²) in [4.78, 5) is 10.9. The molecule has 76 valence electrons. The van der Waals surface area contributed by atoms with Crippen LogP contribution in [-0.2, 0) is 4.74 Å². The van der Waals surface area contributed by atoms with E-state index in [9.17, 15) is 13.4 Å². The van der Waals surface area contributed by atoms with Crippen molar-refractivity contribution < 1.29 is 27.3 Å². The first kappa shape index (κ1) is 12.5. The lowest BCUT2D eigenvalue weighted by molar-refractivity contribution is -0.554. The highest BCUT2D eigenvalue weighted by atomic mass is 19.2. The van der Waals surface area contributed by atoms with Crippen LogP contribution in [0.25, 0.3) is 0 Å². The fourth-order valence-corrected chi connectivity index (χ4v) is 0.822. The number of nitrogens with zero attached hydrogens (tertiary/aromatic N) is 1. The minimum absolute atomic E-state index is 0. The number of carbonyl (C=O) groups is 1. The fraction of sp³-hybridized carbons (Fsp3) is 0.143. The Balaban J connectivity index is 0.00000169. The summed E-state index contributed by atoms with van der Waals surface area (Å²) in [5, 5.41) is 0. The molecule has 1 rings (SSSR count). The summed E-state index contributed by atoms with van der Waals surface area (Å²) in [5.74, 6) is -0.540. The minimum Gasteiger partial charge on any atom is -1.00 e. The molecule has 1 heterocycles. The number of pyridine rings is 1. The zero-order valence-corrected chi connectivity index (χ0v) is 7.28. The summed E-state index contributed by atoms with van der Waals surface area (Å²) >= 11 is 0. The van der Waals surface area contributed by atoms with E-state index < -0.39 is 13.4 Å². The molecule has 0 aromatic carbocycles. The fourth-order valence-electron chi connectivity index (χ4n) is 0.822. The second kappa shape index (κ2) is 5.26. The van der Waals surface area contributed by atoms with E-state index in [0.717, 1.165) is 12.4 Å². The van der Waals surface area contributed by atoms with Gasteiger partial charge in [0.15, 0.2) is 0 Å². The van der Waals surface area contributed by atoms with Gasteiger partial charge in [0.05, 0.1) is 12.7 Å². The van der Waals surface area contributed by atoms with Crippen LogP contribution in [0.1, 0.15) is 10.4 Å². The van der Waals surface area contributed by atoms with Gasteiger partial charge in [-0.25, -0.2) is 17.9 Å². The van der Waals surface area contributed by atoms with E-state index >= 15 is 0 Å². The van der Waals surface area contributed by atoms with Crippen LogP contribution in [0.2, 0.25) is 0 Å². The van der Waals surface area contributed by atoms with Crippen LogP contribution in [0.15, 0.2) is 24.5 Å². The van der Waals surface area contributed by atoms with Crippen LogP contribution in [0.3, 0.4) is 0 Å². The molecule has 0 N–H and O–H groups in total. The van der Waals surface area contributed by atoms with E-state index in [1.54, 1.807) is 0 Å². The van der Waals surface area contributed by atoms with E-state index in [4.69, 9.17) is 0 Å². The number of rotatable bonds is 2. The van der Waals surface area contributed by atoms with E-state index in [0.29, 0.717) is 4.48 Å². The van der Waals surface area contributed by atoms with Crippen LogP contribution in [0.5, 0.6) is 0 Å². The average molecular weight is 205 g/mol. The van der Waals surface area contributed by atoms with Crippen LogP contribution < -0.4 is 9.18 Å². The predicted octanol–water partition coefficient (Wildman–Crippen LogP) is -2.46. The van der Waals surface area contributed by atoms with Gasteiger partial charge in [-0.3, -0.25) is 0 Å². The third-order valence-corrected chi connectivity index (χ3v) is 1.50. The van der Waals surface area contributed by atoms with Crippen LogP contribution in [0, 0.1) is 0 Å². The van der Waals surface area contributed by atoms with Crippen LogP contribution in [-0.4, -0.2) is 20.5 Å². The second-order valence-electron chi connectivity index (χ2n) is 2.30. The lowest BCUT2D eigenvalue weighted by Gasteiger charge is -1.96. The summed E-state index contributed by atoms with van der Waals surface area (Å²) in [6.07, 6.45) is 2.24. The molecule has 7 heteroatoms. The molecule has 0 saturated heterocycles. The van der Waals surface area contributed by atoms with Gasteiger partial charge in [-0.1, -0.05) is 0 Å². The maximum atomic E-state index is 12.0. The van der Waals surface area contributed by atoms with Crippen molar-refractivity contribution in [3.8, 4) is 0 Å². The van der Waals surface area contributed by atoms with Crippen molar-refractivity contribution in [2.45, 2.75) is 0 Å². The number of methoxy groups -OCH3 is 1. The molecule has 0 radical (unpaired) electrons. The molecule has 14 heavy (non-hydrogen) atoms. The molecular weight excluding hydrogens is 198 g/mol. The number of hydrogen-bond acceptors (Lipinski definition) is 2. The highest BCUT2D eigenvalue weighted by molar-refractivity contribution is 6.31. The molecule has 0 aliphatic rings. The SMILES string of the molecule is COC(=O)c1cc[n+](B(F)F)cc1.[F-]. The van der Waals surface area contributed by atoms with E-state index in [-0.39, 0.29) is 10.3 Å². The Hall–Kier alpha value is -1.53. The molecule has 0 atom stereocenters. The molecule has 1 aromatic heterocycles. The van der Waals surface area contributed by atoms with Crippen molar-refractivity contribution in [1.29, 1.82) is 0 Å². The highest BCUT2D eigenvalue weighted by Gasteiger charge is 2.31. The van der Waals surface area contributed by atoms with Crippen molar-refractivity contribution in [2.75, 3.05) is 7.11 Å². The summed E-state index contributed by atoms with van der Waals surface area (Å²) in [6.45, 7) is 0. The Morgan fingerprint density at radius 3 is 2.29 bits per heavy atom. The third-order valence-electron chi connectivity index (χ3n) is 1.50. The van der Waals surface area contributed by atoms with Gasteiger partial charge in [0.1, 0.15) is 12.4 Å². The first-order valence-corrected chi connectivity index (χ1v) is 3.52. The zero-order chi connectivity index (χ0) is 9.84. The van der Waals surface area contributed by atoms with Crippen molar-refractivity contribution in [3.05, 3.63) is 30.1 Å². The monoisotopic (exact) mass is 205 g/mol. The Bertz CT molecular complexity index is 304. The molecule has 0 amide bonds. The van der Waals surface area contributed by atoms with Gasteiger partial charge >= 0.3 is 13.4 Å². The first-order valence-electron chi connectivity index (χ1n) is 3.52. The maximum Gasteiger partial charge on any atom is 0.934 e. The molecule has 0 bridgehead atoms. The maximum absolute atomic E-state index is 12.0. The average Bonchev–Trinajstić information content (AvgIpc) is 2.17. The first-order chi connectivity index (χ1) is 6.15. The molecule has 0 spiro atoms.